The van der Waals surface area contributed by atoms with Crippen LogP contribution in [0.4, 0.5) is 5.13 Å². The largest absolute Gasteiger partial charge is 0.476 e. The van der Waals surface area contributed by atoms with Crippen LogP contribution in [0.2, 0.25) is 0 Å². The third-order valence-corrected chi connectivity index (χ3v) is 3.80. The van der Waals surface area contributed by atoms with Crippen molar-refractivity contribution in [2.45, 2.75) is 26.8 Å². The average molecular weight is 299 g/mol. The molecule has 0 saturated heterocycles. The number of carboxylic acids is 1. The Morgan fingerprint density at radius 2 is 2.05 bits per heavy atom. The number of nitrogens with one attached hydrogen (secondary N) is 1. The number of hydrogen-bond donors (Lipinski definition) is 2. The molecular weight excluding hydrogens is 282 g/mol. The van der Waals surface area contributed by atoms with Crippen LogP contribution in [-0.4, -0.2) is 52.3 Å². The van der Waals surface area contributed by atoms with Crippen molar-refractivity contribution in [3.63, 3.8) is 0 Å². The lowest BCUT2D eigenvalue weighted by molar-refractivity contribution is -0.130. The lowest BCUT2D eigenvalue weighted by atomic mass is 10.3. The van der Waals surface area contributed by atoms with Gasteiger partial charge in [-0.1, -0.05) is 11.3 Å². The van der Waals surface area contributed by atoms with Crippen LogP contribution in [0.5, 0.6) is 0 Å². The molecular formula is C12H17N3O4S. The van der Waals surface area contributed by atoms with Crippen molar-refractivity contribution in [3.05, 3.63) is 10.6 Å². The van der Waals surface area contributed by atoms with Crippen molar-refractivity contribution in [1.29, 1.82) is 0 Å². The van der Waals surface area contributed by atoms with Gasteiger partial charge in [0.1, 0.15) is 10.9 Å². The van der Waals surface area contributed by atoms with Gasteiger partial charge in [-0.2, -0.15) is 0 Å². The molecule has 1 atom stereocenters. The molecule has 110 valence electrons. The van der Waals surface area contributed by atoms with Crippen molar-refractivity contribution in [1.82, 2.24) is 9.88 Å². The molecule has 1 unspecified atom stereocenters. The Balaban J connectivity index is 2.94. The van der Waals surface area contributed by atoms with Crippen LogP contribution in [-0.2, 0) is 4.79 Å². The molecule has 0 aromatic carbocycles. The number of Topliss-reactive ketones (excluding diaryl/α,β-unsaturated/α-hetero) is 1. The number of aromatic nitrogens is 1. The number of likely N-dealkylation sites (N-methyl/N-ethyl adjacent to an activating group) is 1. The quantitative estimate of drug-likeness (QED) is 0.769. The fourth-order valence-electron chi connectivity index (χ4n) is 1.50. The summed E-state index contributed by atoms with van der Waals surface area (Å²) in [5.41, 5.74) is -0.284. The fraction of sp³-hybridized carbons (Fsp3) is 0.500. The van der Waals surface area contributed by atoms with E-state index >= 15 is 0 Å². The van der Waals surface area contributed by atoms with Gasteiger partial charge in [0, 0.05) is 20.5 Å². The molecule has 0 aliphatic rings. The van der Waals surface area contributed by atoms with E-state index in [-0.39, 0.29) is 27.4 Å². The second-order valence-electron chi connectivity index (χ2n) is 4.28. The molecule has 0 saturated carbocycles. The minimum atomic E-state index is -1.26. The summed E-state index contributed by atoms with van der Waals surface area (Å²) in [6.45, 7) is 5.36. The average Bonchev–Trinajstić information content (AvgIpc) is 2.81. The normalized spacial score (nSPS) is 11.8. The Morgan fingerprint density at radius 1 is 1.45 bits per heavy atom. The molecule has 0 bridgehead atoms. The Labute approximate surface area is 120 Å². The van der Waals surface area contributed by atoms with Gasteiger partial charge in [-0.15, -0.1) is 0 Å². The summed E-state index contributed by atoms with van der Waals surface area (Å²) in [4.78, 5) is 39.7. The maximum absolute atomic E-state index is 11.9. The lowest BCUT2D eigenvalue weighted by Crippen LogP contribution is -2.38. The van der Waals surface area contributed by atoms with Crippen molar-refractivity contribution in [2.24, 2.45) is 0 Å². The van der Waals surface area contributed by atoms with E-state index in [4.69, 9.17) is 5.11 Å². The van der Waals surface area contributed by atoms with E-state index in [9.17, 15) is 14.4 Å². The number of nitrogens with zero attached hydrogens (tertiary/aromatic N) is 2. The third kappa shape index (κ3) is 3.53. The highest BCUT2D eigenvalue weighted by Gasteiger charge is 2.23. The number of carboxylic acid groups (broad SMARTS) is 1. The topological polar surface area (TPSA) is 99.6 Å². The molecule has 8 heteroatoms. The smallest absolute Gasteiger partial charge is 0.356 e. The maximum atomic E-state index is 11.9. The predicted octanol–water partition coefficient (Wildman–Crippen LogP) is 1.32. The number of amides is 1. The van der Waals surface area contributed by atoms with Gasteiger partial charge < -0.3 is 15.3 Å². The zero-order valence-corrected chi connectivity index (χ0v) is 12.6. The summed E-state index contributed by atoms with van der Waals surface area (Å²) in [7, 11) is 1.67. The highest BCUT2D eigenvalue weighted by Crippen LogP contribution is 2.24. The Hall–Kier alpha value is -1.96. The molecule has 20 heavy (non-hydrogen) atoms. The molecule has 2 N–H and O–H groups in total. The Kier molecular flexibility index (Phi) is 5.20. The second-order valence-corrected chi connectivity index (χ2v) is 5.28. The standard InChI is InChI=1S/C12H17N3O4S/c1-5-15(4)10(17)6(2)13-12-14-8(11(18)19)9(20-12)7(3)16/h6H,5H2,1-4H3,(H,13,14)(H,18,19). The summed E-state index contributed by atoms with van der Waals surface area (Å²) >= 11 is 0.938. The van der Waals surface area contributed by atoms with Crippen LogP contribution in [0, 0.1) is 0 Å². The van der Waals surface area contributed by atoms with Crippen LogP contribution >= 0.6 is 11.3 Å². The van der Waals surface area contributed by atoms with Crippen molar-refractivity contribution >= 4 is 34.1 Å². The lowest BCUT2D eigenvalue weighted by Gasteiger charge is -2.20. The van der Waals surface area contributed by atoms with Crippen LogP contribution in [0.15, 0.2) is 0 Å². The molecule has 1 heterocycles. The Bertz CT molecular complexity index is 509. The summed E-state index contributed by atoms with van der Waals surface area (Å²) in [6.07, 6.45) is 0. The van der Waals surface area contributed by atoms with Gasteiger partial charge in [-0.05, 0) is 13.8 Å². The van der Waals surface area contributed by atoms with Crippen molar-refractivity contribution in [3.8, 4) is 0 Å². The molecule has 1 aromatic heterocycles. The van der Waals surface area contributed by atoms with Gasteiger partial charge in [0.05, 0.1) is 0 Å². The Morgan fingerprint density at radius 3 is 2.45 bits per heavy atom. The van der Waals surface area contributed by atoms with Crippen LogP contribution in [0.25, 0.3) is 0 Å². The number of carbonyl (C=O) groups is 3. The summed E-state index contributed by atoms with van der Waals surface area (Å²) in [5, 5.41) is 12.1. The number of rotatable bonds is 6. The van der Waals surface area contributed by atoms with Gasteiger partial charge in [-0.25, -0.2) is 9.78 Å². The minimum absolute atomic E-state index is 0.0727. The molecule has 0 spiro atoms. The van der Waals surface area contributed by atoms with Gasteiger partial charge in [0.2, 0.25) is 5.91 Å². The van der Waals surface area contributed by atoms with E-state index in [2.05, 4.69) is 10.3 Å². The fourth-order valence-corrected chi connectivity index (χ4v) is 2.44. The first kappa shape index (κ1) is 16.1. The first-order valence-electron chi connectivity index (χ1n) is 6.04. The molecule has 0 aliphatic carbocycles. The van der Waals surface area contributed by atoms with Crippen molar-refractivity contribution < 1.29 is 19.5 Å². The number of aromatic carboxylic acids is 1. The van der Waals surface area contributed by atoms with Crippen LogP contribution in [0.3, 0.4) is 0 Å². The van der Waals surface area contributed by atoms with E-state index in [1.165, 1.54) is 11.8 Å². The third-order valence-electron chi connectivity index (χ3n) is 2.71. The highest BCUT2D eigenvalue weighted by atomic mass is 32.1. The number of carbonyl (C=O) groups excluding carboxylic acids is 2. The van der Waals surface area contributed by atoms with Gasteiger partial charge in [0.15, 0.2) is 16.6 Å². The summed E-state index contributed by atoms with van der Waals surface area (Å²) < 4.78 is 0. The zero-order valence-electron chi connectivity index (χ0n) is 11.8. The van der Waals surface area contributed by atoms with E-state index < -0.39 is 12.0 Å². The monoisotopic (exact) mass is 299 g/mol. The molecule has 0 fully saturated rings. The predicted molar refractivity (Wildman–Crippen MR) is 75.5 cm³/mol. The molecule has 7 nitrogen and oxygen atoms in total. The second kappa shape index (κ2) is 6.47. The zero-order chi connectivity index (χ0) is 15.4. The molecule has 1 aromatic rings. The molecule has 1 amide bonds. The number of ketones is 1. The van der Waals surface area contributed by atoms with Crippen LogP contribution in [0.1, 0.15) is 40.9 Å². The molecule has 0 aliphatic heterocycles. The van der Waals surface area contributed by atoms with E-state index in [1.54, 1.807) is 14.0 Å². The summed E-state index contributed by atoms with van der Waals surface area (Å²) in [6, 6.07) is -0.549. The minimum Gasteiger partial charge on any atom is -0.476 e. The maximum Gasteiger partial charge on any atom is 0.356 e. The van der Waals surface area contributed by atoms with E-state index in [0.29, 0.717) is 6.54 Å². The van der Waals surface area contributed by atoms with E-state index in [0.717, 1.165) is 11.3 Å². The first-order valence-corrected chi connectivity index (χ1v) is 6.86. The SMILES string of the molecule is CCN(C)C(=O)C(C)Nc1nc(C(=O)O)c(C(C)=O)s1. The number of hydrogen-bond acceptors (Lipinski definition) is 6. The summed E-state index contributed by atoms with van der Waals surface area (Å²) in [5.74, 6) is -1.76. The van der Waals surface area contributed by atoms with E-state index in [1.807, 2.05) is 6.92 Å². The van der Waals surface area contributed by atoms with Gasteiger partial charge >= 0.3 is 5.97 Å². The number of anilines is 1. The van der Waals surface area contributed by atoms with Crippen LogP contribution < -0.4 is 5.32 Å². The first-order chi connectivity index (χ1) is 9.27. The van der Waals surface area contributed by atoms with Gasteiger partial charge in [0.25, 0.3) is 0 Å². The van der Waals surface area contributed by atoms with Crippen molar-refractivity contribution in [2.75, 3.05) is 18.9 Å². The molecule has 1 rings (SSSR count). The molecule has 0 radical (unpaired) electrons. The van der Waals surface area contributed by atoms with Gasteiger partial charge in [-0.3, -0.25) is 9.59 Å². The highest BCUT2D eigenvalue weighted by molar-refractivity contribution is 7.17. The number of thiazole rings is 1.